The van der Waals surface area contributed by atoms with Gasteiger partial charge in [-0.3, -0.25) is 9.59 Å². The second-order valence-corrected chi connectivity index (χ2v) is 29.1. The Kier molecular flexibility index (Phi) is 73.9. The van der Waals surface area contributed by atoms with Crippen LogP contribution in [0.25, 0.3) is 0 Å². The standard InChI is InChI=1S/C86H157NO8/c1-6-8-10-12-14-16-18-20-22-24-26-28-30-32-34-36-38-39-40-41-42-43-44-45-47-48-50-52-54-56-58-60-62-64-66-68-70-72-74-76-83(88)93-80-82(81-94-86(85(90)91)92-79-78-87(3,4)5)95-84(89)77-75-73-71-69-67-65-63-61-59-57-55-53-51-49-46-37-35-33-31-29-27-25-23-21-19-17-15-13-11-9-7-2/h9,11,15,17,21,23-24,26-27,29,33,35,82,86H,6-8,10,12-14,16,18-20,22,25,28,30-32,34,36-81H2,1-5H3/p+1/b11-9-,17-15-,23-21-,26-24-,29-27-,35-33-. The van der Waals surface area contributed by atoms with E-state index in [2.05, 4.69) is 86.8 Å². The molecule has 554 valence electrons. The number of carbonyl (C=O) groups excluding carboxylic acids is 2. The first-order chi connectivity index (χ1) is 46.6. The van der Waals surface area contributed by atoms with Crippen LogP contribution < -0.4 is 0 Å². The van der Waals surface area contributed by atoms with Crippen LogP contribution in [0, 0.1) is 0 Å². The average molecular weight is 1330 g/mol. The summed E-state index contributed by atoms with van der Waals surface area (Å²) in [7, 11) is 5.99. The minimum Gasteiger partial charge on any atom is -0.477 e. The number of allylic oxidation sites excluding steroid dienone is 12. The molecule has 2 atom stereocenters. The third kappa shape index (κ3) is 77.9. The maximum atomic E-state index is 13.0. The van der Waals surface area contributed by atoms with E-state index in [0.29, 0.717) is 17.4 Å². The van der Waals surface area contributed by atoms with Crippen molar-refractivity contribution in [1.29, 1.82) is 0 Å². The molecule has 0 aromatic rings. The van der Waals surface area contributed by atoms with E-state index >= 15 is 0 Å². The van der Waals surface area contributed by atoms with Crippen LogP contribution in [0.15, 0.2) is 72.9 Å². The lowest BCUT2D eigenvalue weighted by molar-refractivity contribution is -0.870. The molecule has 0 aromatic heterocycles. The molecule has 0 saturated carbocycles. The first-order valence-electron chi connectivity index (χ1n) is 41.1. The van der Waals surface area contributed by atoms with Crippen LogP contribution in [0.4, 0.5) is 0 Å². The molecular weight excluding hydrogens is 1170 g/mol. The number of quaternary nitrogens is 1. The van der Waals surface area contributed by atoms with Crippen molar-refractivity contribution in [2.75, 3.05) is 47.5 Å². The number of aliphatic carboxylic acids is 1. The maximum absolute atomic E-state index is 13.0. The van der Waals surface area contributed by atoms with Crippen molar-refractivity contribution in [3.05, 3.63) is 72.9 Å². The Morgan fingerprint density at radius 3 is 0.905 bits per heavy atom. The Labute approximate surface area is 589 Å². The van der Waals surface area contributed by atoms with Gasteiger partial charge in [-0.1, -0.05) is 376 Å². The summed E-state index contributed by atoms with van der Waals surface area (Å²) in [5, 5.41) is 9.78. The highest BCUT2D eigenvalue weighted by molar-refractivity contribution is 5.71. The summed E-state index contributed by atoms with van der Waals surface area (Å²) in [6.07, 6.45) is 101. The summed E-state index contributed by atoms with van der Waals surface area (Å²) < 4.78 is 23.1. The van der Waals surface area contributed by atoms with Gasteiger partial charge in [-0.05, 0) is 83.5 Å². The lowest BCUT2D eigenvalue weighted by Gasteiger charge is -2.25. The van der Waals surface area contributed by atoms with Gasteiger partial charge in [0.2, 0.25) is 0 Å². The number of ether oxygens (including phenoxy) is 4. The Morgan fingerprint density at radius 2 is 0.600 bits per heavy atom. The van der Waals surface area contributed by atoms with E-state index in [1.807, 2.05) is 21.1 Å². The van der Waals surface area contributed by atoms with E-state index in [4.69, 9.17) is 18.9 Å². The van der Waals surface area contributed by atoms with Crippen LogP contribution in [0.1, 0.15) is 399 Å². The van der Waals surface area contributed by atoms with Gasteiger partial charge in [0.05, 0.1) is 34.4 Å². The van der Waals surface area contributed by atoms with Gasteiger partial charge in [-0.15, -0.1) is 0 Å². The minimum atomic E-state index is -1.51. The first kappa shape index (κ1) is 91.7. The molecule has 0 radical (unpaired) electrons. The molecule has 0 heterocycles. The first-order valence-corrected chi connectivity index (χ1v) is 41.1. The van der Waals surface area contributed by atoms with Crippen molar-refractivity contribution < 1.29 is 42.9 Å². The fraction of sp³-hybridized carbons (Fsp3) is 0.826. The highest BCUT2D eigenvalue weighted by Crippen LogP contribution is 2.20. The summed E-state index contributed by atoms with van der Waals surface area (Å²) in [4.78, 5) is 37.8. The van der Waals surface area contributed by atoms with Gasteiger partial charge < -0.3 is 28.5 Å². The Morgan fingerprint density at radius 1 is 0.326 bits per heavy atom. The van der Waals surface area contributed by atoms with Gasteiger partial charge in [-0.25, -0.2) is 4.79 Å². The molecule has 1 N–H and O–H groups in total. The molecule has 0 rings (SSSR count). The molecule has 0 spiro atoms. The number of esters is 2. The molecule has 0 aliphatic rings. The Hall–Kier alpha value is -3.27. The maximum Gasteiger partial charge on any atom is 0.361 e. The molecule has 0 aliphatic carbocycles. The molecule has 95 heavy (non-hydrogen) atoms. The van der Waals surface area contributed by atoms with Crippen LogP contribution >= 0.6 is 0 Å². The van der Waals surface area contributed by atoms with E-state index in [-0.39, 0.29) is 38.2 Å². The molecule has 0 bridgehead atoms. The van der Waals surface area contributed by atoms with E-state index in [1.165, 1.54) is 302 Å². The number of unbranched alkanes of at least 4 members (excludes halogenated alkanes) is 50. The molecular formula is C86H158NO8+. The molecule has 2 unspecified atom stereocenters. The Bertz CT molecular complexity index is 1790. The fourth-order valence-corrected chi connectivity index (χ4v) is 12.2. The number of rotatable bonds is 77. The number of hydrogen-bond acceptors (Lipinski definition) is 7. The van der Waals surface area contributed by atoms with E-state index in [9.17, 15) is 19.5 Å². The predicted octanol–water partition coefficient (Wildman–Crippen LogP) is 26.4. The normalized spacial score (nSPS) is 13.0. The van der Waals surface area contributed by atoms with E-state index in [0.717, 1.165) is 70.6 Å². The number of likely N-dealkylation sites (N-methyl/N-ethyl adjacent to an activating group) is 1. The molecule has 9 heteroatoms. The molecule has 0 amide bonds. The van der Waals surface area contributed by atoms with Crippen LogP contribution in [-0.4, -0.2) is 87.4 Å². The van der Waals surface area contributed by atoms with Gasteiger partial charge >= 0.3 is 17.9 Å². The second-order valence-electron chi connectivity index (χ2n) is 29.1. The van der Waals surface area contributed by atoms with Gasteiger partial charge in [0.1, 0.15) is 13.2 Å². The number of carbonyl (C=O) groups is 3. The van der Waals surface area contributed by atoms with Crippen LogP contribution in [0.2, 0.25) is 0 Å². The summed E-state index contributed by atoms with van der Waals surface area (Å²) in [5.74, 6) is -1.98. The Balaban J connectivity index is 3.96. The average Bonchev–Trinajstić information content (AvgIpc) is 3.24. The lowest BCUT2D eigenvalue weighted by atomic mass is 10.0. The van der Waals surface area contributed by atoms with Gasteiger partial charge in [0.25, 0.3) is 6.29 Å². The predicted molar refractivity (Wildman–Crippen MR) is 410 cm³/mol. The van der Waals surface area contributed by atoms with Crippen molar-refractivity contribution in [1.82, 2.24) is 0 Å². The van der Waals surface area contributed by atoms with E-state index in [1.54, 1.807) is 0 Å². The fourth-order valence-electron chi connectivity index (χ4n) is 12.2. The number of carboxylic acid groups (broad SMARTS) is 1. The summed E-state index contributed by atoms with van der Waals surface area (Å²) in [6, 6.07) is 0. The summed E-state index contributed by atoms with van der Waals surface area (Å²) in [5.41, 5.74) is 0. The van der Waals surface area contributed by atoms with Crippen molar-refractivity contribution in [2.45, 2.75) is 411 Å². The third-order valence-electron chi connectivity index (χ3n) is 18.4. The van der Waals surface area contributed by atoms with Gasteiger partial charge in [-0.2, -0.15) is 0 Å². The van der Waals surface area contributed by atoms with Crippen molar-refractivity contribution >= 4 is 17.9 Å². The highest BCUT2D eigenvalue weighted by Gasteiger charge is 2.25. The quantitative estimate of drug-likeness (QED) is 0.0211. The van der Waals surface area contributed by atoms with Crippen molar-refractivity contribution in [2.24, 2.45) is 0 Å². The minimum absolute atomic E-state index is 0.179. The van der Waals surface area contributed by atoms with Gasteiger partial charge in [0.15, 0.2) is 6.10 Å². The van der Waals surface area contributed by atoms with Crippen LogP contribution in [0.3, 0.4) is 0 Å². The molecule has 0 saturated heterocycles. The zero-order valence-corrected chi connectivity index (χ0v) is 63.6. The van der Waals surface area contributed by atoms with E-state index < -0.39 is 18.4 Å². The number of carboxylic acids is 1. The lowest BCUT2D eigenvalue weighted by Crippen LogP contribution is -2.40. The second kappa shape index (κ2) is 76.5. The topological polar surface area (TPSA) is 108 Å². The zero-order chi connectivity index (χ0) is 69.0. The molecule has 0 aliphatic heterocycles. The van der Waals surface area contributed by atoms with Crippen LogP contribution in [0.5, 0.6) is 0 Å². The summed E-state index contributed by atoms with van der Waals surface area (Å²) in [6.45, 7) is 4.82. The zero-order valence-electron chi connectivity index (χ0n) is 63.6. The number of nitrogens with zero attached hydrogens (tertiary/aromatic N) is 1. The smallest absolute Gasteiger partial charge is 0.361 e. The highest BCUT2D eigenvalue weighted by atomic mass is 16.7. The van der Waals surface area contributed by atoms with Gasteiger partial charge in [0, 0.05) is 12.8 Å². The number of hydrogen-bond donors (Lipinski definition) is 1. The SMILES string of the molecule is CC/C=C\C/C=C\C/C=C\C/C=C\C/C=C\CCCCCCCCCCCCCCCCCC(=O)OC(COC(=O)CCCCCCCCCCCCCCCCCCCCCCCCCCCCC/C=C\CCCCCCCCCC)COC(OCC[N+](C)(C)C)C(=O)O. The third-order valence-corrected chi connectivity index (χ3v) is 18.4. The monoisotopic (exact) mass is 1330 g/mol. The van der Waals surface area contributed by atoms with Crippen molar-refractivity contribution in [3.8, 4) is 0 Å². The largest absolute Gasteiger partial charge is 0.477 e. The summed E-state index contributed by atoms with van der Waals surface area (Å²) >= 11 is 0. The van der Waals surface area contributed by atoms with Crippen molar-refractivity contribution in [3.63, 3.8) is 0 Å². The molecule has 0 fully saturated rings. The van der Waals surface area contributed by atoms with Crippen LogP contribution in [-0.2, 0) is 33.3 Å². The molecule has 0 aromatic carbocycles. The molecule has 9 nitrogen and oxygen atoms in total.